The lowest BCUT2D eigenvalue weighted by Gasteiger charge is -2.35. The molecule has 0 aliphatic heterocycles. The molecule has 10 nitrogen and oxygen atoms in total. The Morgan fingerprint density at radius 2 is 2.11 bits per heavy atom. The fraction of sp³-hybridized carbons (Fsp3) is 0.273. The van der Waals surface area contributed by atoms with Gasteiger partial charge in [0.15, 0.2) is 11.5 Å². The van der Waals surface area contributed by atoms with E-state index in [9.17, 15) is 13.6 Å². The van der Waals surface area contributed by atoms with Gasteiger partial charge in [0.05, 0.1) is 11.7 Å². The van der Waals surface area contributed by atoms with Gasteiger partial charge in [0.1, 0.15) is 17.0 Å². The summed E-state index contributed by atoms with van der Waals surface area (Å²) in [5.74, 6) is -0.698. The number of rotatable bonds is 7. The van der Waals surface area contributed by atoms with Gasteiger partial charge in [-0.05, 0) is 44.2 Å². The number of hydrogen-bond acceptors (Lipinski definition) is 7. The summed E-state index contributed by atoms with van der Waals surface area (Å²) in [4.78, 5) is 17.5. The van der Waals surface area contributed by atoms with Crippen LogP contribution in [-0.2, 0) is 0 Å². The van der Waals surface area contributed by atoms with Crippen LogP contribution >= 0.6 is 11.6 Å². The van der Waals surface area contributed by atoms with Crippen LogP contribution in [0.3, 0.4) is 0 Å². The summed E-state index contributed by atoms with van der Waals surface area (Å²) in [6.45, 7) is -3.05. The Bertz CT molecular complexity index is 1400. The number of carbonyl (C=O) groups is 1. The van der Waals surface area contributed by atoms with Gasteiger partial charge in [-0.3, -0.25) is 9.48 Å². The molecule has 4 aromatic rings. The number of nitrogen functional groups attached to an aromatic ring is 1. The van der Waals surface area contributed by atoms with Gasteiger partial charge in [0, 0.05) is 35.2 Å². The number of anilines is 2. The Morgan fingerprint density at radius 3 is 2.86 bits per heavy atom. The van der Waals surface area contributed by atoms with Crippen molar-refractivity contribution in [1.29, 1.82) is 0 Å². The van der Waals surface area contributed by atoms with Crippen molar-refractivity contribution in [3.8, 4) is 17.0 Å². The Hall–Kier alpha value is -3.77. The first-order valence-electron chi connectivity index (χ1n) is 10.8. The van der Waals surface area contributed by atoms with E-state index in [1.807, 2.05) is 7.05 Å². The Kier molecular flexibility index (Phi) is 5.99. The normalized spacial score (nSPS) is 17.5. The zero-order valence-electron chi connectivity index (χ0n) is 18.5. The molecule has 0 atom stereocenters. The van der Waals surface area contributed by atoms with Crippen molar-refractivity contribution in [3.05, 3.63) is 53.4 Å². The summed E-state index contributed by atoms with van der Waals surface area (Å²) < 4.78 is 34.0. The van der Waals surface area contributed by atoms with E-state index < -0.39 is 12.5 Å². The average molecular weight is 503 g/mol. The number of nitrogens with two attached hydrogens (primary N) is 1. The minimum absolute atomic E-state index is 0.00419. The maximum atomic E-state index is 13.3. The third-order valence-electron chi connectivity index (χ3n) is 5.94. The second kappa shape index (κ2) is 9.12. The lowest BCUT2D eigenvalue weighted by molar-refractivity contribution is -0.0494. The molecule has 0 saturated heterocycles. The molecule has 3 aromatic heterocycles. The van der Waals surface area contributed by atoms with Crippen molar-refractivity contribution in [2.24, 2.45) is 0 Å². The first kappa shape index (κ1) is 23.0. The number of amides is 1. The van der Waals surface area contributed by atoms with Crippen molar-refractivity contribution in [3.63, 3.8) is 0 Å². The molecule has 4 N–H and O–H groups in total. The Labute approximate surface area is 203 Å². The molecule has 1 saturated carbocycles. The van der Waals surface area contributed by atoms with Gasteiger partial charge in [-0.2, -0.15) is 13.9 Å². The lowest BCUT2D eigenvalue weighted by Crippen LogP contribution is -2.40. The second-order valence-electron chi connectivity index (χ2n) is 8.10. The van der Waals surface area contributed by atoms with Crippen LogP contribution in [0.5, 0.6) is 5.75 Å². The van der Waals surface area contributed by atoms with Crippen molar-refractivity contribution in [2.75, 3.05) is 18.1 Å². The van der Waals surface area contributed by atoms with Gasteiger partial charge in [0.2, 0.25) is 0 Å². The van der Waals surface area contributed by atoms with Crippen LogP contribution in [0.25, 0.3) is 16.9 Å². The highest BCUT2D eigenvalue weighted by molar-refractivity contribution is 6.31. The molecule has 1 fully saturated rings. The first-order valence-corrected chi connectivity index (χ1v) is 11.1. The van der Waals surface area contributed by atoms with Gasteiger partial charge >= 0.3 is 6.61 Å². The number of ether oxygens (including phenoxy) is 1. The van der Waals surface area contributed by atoms with Crippen LogP contribution < -0.4 is 21.1 Å². The van der Waals surface area contributed by atoms with Crippen LogP contribution in [-0.4, -0.2) is 50.0 Å². The molecular formula is C22H21ClF2N8O2. The van der Waals surface area contributed by atoms with Crippen molar-refractivity contribution < 1.29 is 18.3 Å². The van der Waals surface area contributed by atoms with Gasteiger partial charge in [-0.15, -0.1) is 5.10 Å². The second-order valence-corrected chi connectivity index (χ2v) is 8.54. The molecule has 1 aromatic carbocycles. The number of alkyl halides is 2. The average Bonchev–Trinajstić information content (AvgIpc) is 3.34. The summed E-state index contributed by atoms with van der Waals surface area (Å²) in [6, 6.07) is 6.31. The van der Waals surface area contributed by atoms with Crippen LogP contribution in [0.2, 0.25) is 5.02 Å². The van der Waals surface area contributed by atoms with Crippen molar-refractivity contribution in [2.45, 2.75) is 31.5 Å². The van der Waals surface area contributed by atoms with E-state index in [2.05, 4.69) is 25.8 Å². The van der Waals surface area contributed by atoms with Gasteiger partial charge in [0.25, 0.3) is 5.91 Å². The summed E-state index contributed by atoms with van der Waals surface area (Å²) in [6.07, 6.45) is 6.45. The minimum atomic E-state index is -3.05. The highest BCUT2D eigenvalue weighted by Crippen LogP contribution is 2.40. The van der Waals surface area contributed by atoms with Crippen LogP contribution in [0.1, 0.15) is 29.2 Å². The molecule has 1 amide bonds. The van der Waals surface area contributed by atoms with Crippen molar-refractivity contribution in [1.82, 2.24) is 29.7 Å². The molecule has 182 valence electrons. The van der Waals surface area contributed by atoms with E-state index in [1.54, 1.807) is 23.1 Å². The largest absolute Gasteiger partial charge is 0.434 e. The van der Waals surface area contributed by atoms with E-state index in [4.69, 9.17) is 22.1 Å². The summed E-state index contributed by atoms with van der Waals surface area (Å²) in [5, 5.41) is 15.0. The molecular weight excluding hydrogens is 482 g/mol. The monoisotopic (exact) mass is 502 g/mol. The van der Waals surface area contributed by atoms with Crippen molar-refractivity contribution >= 4 is 34.7 Å². The molecule has 1 aliphatic carbocycles. The van der Waals surface area contributed by atoms with Crippen LogP contribution in [0.4, 0.5) is 20.3 Å². The molecule has 1 aliphatic rings. The lowest BCUT2D eigenvalue weighted by atomic mass is 9.87. The molecule has 0 unspecified atom stereocenters. The molecule has 3 heterocycles. The molecule has 0 spiro atoms. The van der Waals surface area contributed by atoms with E-state index in [0.717, 1.165) is 12.8 Å². The summed E-state index contributed by atoms with van der Waals surface area (Å²) >= 11 is 6.17. The van der Waals surface area contributed by atoms with Gasteiger partial charge < -0.3 is 21.1 Å². The highest BCUT2D eigenvalue weighted by atomic mass is 35.5. The number of halogens is 3. The predicted molar refractivity (Wildman–Crippen MR) is 126 cm³/mol. The number of carbonyl (C=O) groups excluding carboxylic acids is 1. The maximum Gasteiger partial charge on any atom is 0.387 e. The standard InChI is InChI=1S/C22H21ClF2N8O2/c1-27-12-8-13(9-12)33-10-15(18(30-33)14-7-11(23)3-4-16(14)35-22(24)25)29-21(34)17-19(26)31-32-6-2-5-28-20(17)32/h2-7,10,12-13,22,27H,8-9H2,1H3,(H2,26,31)(H,29,34)/t12-,13+. The van der Waals surface area contributed by atoms with E-state index >= 15 is 0 Å². The number of hydrogen-bond donors (Lipinski definition) is 3. The summed E-state index contributed by atoms with van der Waals surface area (Å²) in [7, 11) is 1.88. The number of aromatic nitrogens is 5. The first-order chi connectivity index (χ1) is 16.8. The third-order valence-corrected chi connectivity index (χ3v) is 6.17. The number of nitrogens with one attached hydrogen (secondary N) is 2. The zero-order chi connectivity index (χ0) is 24.7. The quantitative estimate of drug-likeness (QED) is 0.352. The summed E-state index contributed by atoms with van der Waals surface area (Å²) in [5.41, 5.74) is 7.06. The molecule has 35 heavy (non-hydrogen) atoms. The Morgan fingerprint density at radius 1 is 1.31 bits per heavy atom. The smallest absolute Gasteiger partial charge is 0.387 e. The fourth-order valence-electron chi connectivity index (χ4n) is 4.10. The SMILES string of the molecule is CN[C@H]1C[C@@H](n2cc(NC(=O)c3c(N)nn4cccnc34)c(-c3cc(Cl)ccc3OC(F)F)n2)C1. The topological polar surface area (TPSA) is 124 Å². The number of benzene rings is 1. The molecule has 13 heteroatoms. The molecule has 0 radical (unpaired) electrons. The van der Waals surface area contributed by atoms with E-state index in [0.29, 0.717) is 11.1 Å². The predicted octanol–water partition coefficient (Wildman–Crippen LogP) is 3.61. The van der Waals surface area contributed by atoms with Gasteiger partial charge in [-0.25, -0.2) is 9.50 Å². The zero-order valence-corrected chi connectivity index (χ0v) is 19.2. The third kappa shape index (κ3) is 4.37. The maximum absolute atomic E-state index is 13.3. The Balaban J connectivity index is 1.56. The van der Waals surface area contributed by atoms with Gasteiger partial charge in [-0.1, -0.05) is 11.6 Å². The number of fused-ring (bicyclic) bond motifs is 1. The highest BCUT2D eigenvalue weighted by Gasteiger charge is 2.32. The van der Waals surface area contributed by atoms with E-state index in [-0.39, 0.29) is 45.8 Å². The minimum Gasteiger partial charge on any atom is -0.434 e. The molecule has 0 bridgehead atoms. The van der Waals surface area contributed by atoms with Crippen LogP contribution in [0, 0.1) is 0 Å². The van der Waals surface area contributed by atoms with Crippen LogP contribution in [0.15, 0.2) is 42.9 Å². The molecule has 5 rings (SSSR count). The fourth-order valence-corrected chi connectivity index (χ4v) is 4.27. The van der Waals surface area contributed by atoms with E-state index in [1.165, 1.54) is 28.9 Å². The number of nitrogens with zero attached hydrogens (tertiary/aromatic N) is 5.